The van der Waals surface area contributed by atoms with Crippen LogP contribution in [0.2, 0.25) is 0 Å². The number of benzene rings is 2. The van der Waals surface area contributed by atoms with Gasteiger partial charge < -0.3 is 15.2 Å². The molecule has 0 unspecified atom stereocenters. The molecule has 2 aromatic carbocycles. The van der Waals surface area contributed by atoms with Gasteiger partial charge in [-0.15, -0.1) is 0 Å². The summed E-state index contributed by atoms with van der Waals surface area (Å²) < 4.78 is 11.3. The van der Waals surface area contributed by atoms with E-state index in [1.54, 1.807) is 18.2 Å². The van der Waals surface area contributed by atoms with E-state index in [4.69, 9.17) is 15.2 Å². The summed E-state index contributed by atoms with van der Waals surface area (Å²) in [5.74, 6) is 0.324. The van der Waals surface area contributed by atoms with E-state index >= 15 is 0 Å². The monoisotopic (exact) mass is 335 g/mol. The minimum atomic E-state index is -0.422. The van der Waals surface area contributed by atoms with Gasteiger partial charge in [0.2, 0.25) is 0 Å². The Balaban J connectivity index is 1.80. The first-order valence-corrected chi connectivity index (χ1v) is 6.85. The third-order valence-electron chi connectivity index (χ3n) is 2.48. The lowest BCUT2D eigenvalue weighted by Crippen LogP contribution is -2.12. The molecule has 0 atom stereocenters. The fourth-order valence-corrected chi connectivity index (χ4v) is 2.14. The molecule has 0 spiro atoms. The highest BCUT2D eigenvalue weighted by Crippen LogP contribution is 2.18. The number of halogens is 1. The van der Waals surface area contributed by atoms with Gasteiger partial charge in [0.1, 0.15) is 19.0 Å². The normalized spacial score (nSPS) is 10.1. The van der Waals surface area contributed by atoms with Crippen molar-refractivity contribution in [1.82, 2.24) is 0 Å². The number of rotatable bonds is 5. The van der Waals surface area contributed by atoms with Gasteiger partial charge in [0.25, 0.3) is 0 Å². The molecule has 4 nitrogen and oxygen atoms in total. The molecule has 0 radical (unpaired) electrons. The summed E-state index contributed by atoms with van der Waals surface area (Å²) in [4.78, 5) is 11.8. The number of carbonyl (C=O) groups is 1. The Hall–Kier alpha value is -2.01. The summed E-state index contributed by atoms with van der Waals surface area (Å²) in [5.41, 5.74) is 6.59. The molecule has 2 rings (SSSR count). The summed E-state index contributed by atoms with van der Waals surface area (Å²) in [6.07, 6.45) is 0. The number of carbonyl (C=O) groups excluding carboxylic acids is 1. The standard InChI is InChI=1S/C15H14BrNO3/c16-12-8-11(9-13(17)10-12)15(18)20-7-6-19-14-4-2-1-3-5-14/h1-5,8-10H,6-7,17H2. The van der Waals surface area contributed by atoms with Crippen LogP contribution in [0.3, 0.4) is 0 Å². The van der Waals surface area contributed by atoms with Crippen LogP contribution in [0.15, 0.2) is 53.0 Å². The van der Waals surface area contributed by atoms with Crippen molar-refractivity contribution in [2.24, 2.45) is 0 Å². The SMILES string of the molecule is Nc1cc(Br)cc(C(=O)OCCOc2ccccc2)c1. The first-order valence-electron chi connectivity index (χ1n) is 6.06. The van der Waals surface area contributed by atoms with E-state index in [0.29, 0.717) is 17.9 Å². The largest absolute Gasteiger partial charge is 0.490 e. The van der Waals surface area contributed by atoms with Crippen molar-refractivity contribution in [1.29, 1.82) is 0 Å². The number of nitrogen functional groups attached to an aromatic ring is 1. The zero-order chi connectivity index (χ0) is 14.4. The van der Waals surface area contributed by atoms with Crippen molar-refractivity contribution in [3.63, 3.8) is 0 Å². The third-order valence-corrected chi connectivity index (χ3v) is 2.94. The molecule has 0 saturated carbocycles. The molecule has 0 aromatic heterocycles. The van der Waals surface area contributed by atoms with Gasteiger partial charge in [0, 0.05) is 10.2 Å². The van der Waals surface area contributed by atoms with Crippen LogP contribution in [-0.2, 0) is 4.74 Å². The van der Waals surface area contributed by atoms with Crippen LogP contribution in [0.25, 0.3) is 0 Å². The highest BCUT2D eigenvalue weighted by atomic mass is 79.9. The second-order valence-electron chi connectivity index (χ2n) is 4.07. The van der Waals surface area contributed by atoms with Gasteiger partial charge >= 0.3 is 5.97 Å². The van der Waals surface area contributed by atoms with Crippen molar-refractivity contribution in [3.8, 4) is 5.75 Å². The Bertz CT molecular complexity index is 567. The lowest BCUT2D eigenvalue weighted by Gasteiger charge is -2.08. The van der Waals surface area contributed by atoms with Crippen LogP contribution in [0.1, 0.15) is 10.4 Å². The van der Waals surface area contributed by atoms with Gasteiger partial charge in [-0.05, 0) is 30.3 Å². The predicted octanol–water partition coefficient (Wildman–Crippen LogP) is 3.27. The third kappa shape index (κ3) is 4.28. The molecule has 0 bridgehead atoms. The van der Waals surface area contributed by atoms with Crippen molar-refractivity contribution >= 4 is 27.6 Å². The maximum atomic E-state index is 11.8. The van der Waals surface area contributed by atoms with E-state index < -0.39 is 5.97 Å². The Morgan fingerprint density at radius 3 is 2.55 bits per heavy atom. The van der Waals surface area contributed by atoms with Crippen LogP contribution in [0.4, 0.5) is 5.69 Å². The van der Waals surface area contributed by atoms with E-state index in [1.165, 1.54) is 0 Å². The van der Waals surface area contributed by atoms with Gasteiger partial charge in [-0.25, -0.2) is 4.79 Å². The van der Waals surface area contributed by atoms with Crippen molar-refractivity contribution in [2.75, 3.05) is 18.9 Å². The molecule has 0 saturated heterocycles. The van der Waals surface area contributed by atoms with E-state index in [0.717, 1.165) is 10.2 Å². The molecule has 0 amide bonds. The van der Waals surface area contributed by atoms with Gasteiger partial charge in [-0.3, -0.25) is 0 Å². The van der Waals surface area contributed by atoms with Crippen LogP contribution in [0, 0.1) is 0 Å². The second kappa shape index (κ2) is 6.96. The molecule has 0 aliphatic rings. The maximum Gasteiger partial charge on any atom is 0.338 e. The van der Waals surface area contributed by atoms with E-state index in [1.807, 2.05) is 30.3 Å². The minimum absolute atomic E-state index is 0.181. The number of nitrogens with two attached hydrogens (primary N) is 1. The highest BCUT2D eigenvalue weighted by molar-refractivity contribution is 9.10. The Labute approximate surface area is 125 Å². The minimum Gasteiger partial charge on any atom is -0.490 e. The van der Waals surface area contributed by atoms with Crippen molar-refractivity contribution < 1.29 is 14.3 Å². The lowest BCUT2D eigenvalue weighted by molar-refractivity contribution is 0.0450. The summed E-state index contributed by atoms with van der Waals surface area (Å²) in [7, 11) is 0. The fourth-order valence-electron chi connectivity index (χ4n) is 1.62. The molecular formula is C15H14BrNO3. The molecule has 0 aliphatic carbocycles. The number of esters is 1. The van der Waals surface area contributed by atoms with Crippen LogP contribution < -0.4 is 10.5 Å². The summed E-state index contributed by atoms with van der Waals surface area (Å²) >= 11 is 3.28. The predicted molar refractivity (Wildman–Crippen MR) is 80.8 cm³/mol. The number of ether oxygens (including phenoxy) is 2. The first kappa shape index (κ1) is 14.4. The maximum absolute atomic E-state index is 11.8. The van der Waals surface area contributed by atoms with E-state index in [9.17, 15) is 4.79 Å². The molecule has 2 N–H and O–H groups in total. The summed E-state index contributed by atoms with van der Waals surface area (Å²) in [5, 5.41) is 0. The van der Waals surface area contributed by atoms with Crippen LogP contribution in [-0.4, -0.2) is 19.2 Å². The first-order chi connectivity index (χ1) is 9.65. The van der Waals surface area contributed by atoms with Gasteiger partial charge in [-0.2, -0.15) is 0 Å². The fraction of sp³-hybridized carbons (Fsp3) is 0.133. The second-order valence-corrected chi connectivity index (χ2v) is 4.99. The van der Waals surface area contributed by atoms with Crippen LogP contribution in [0.5, 0.6) is 5.75 Å². The molecule has 2 aromatic rings. The Kier molecular flexibility index (Phi) is 5.01. The van der Waals surface area contributed by atoms with Gasteiger partial charge in [0.05, 0.1) is 5.56 Å². The van der Waals surface area contributed by atoms with Crippen molar-refractivity contribution in [3.05, 3.63) is 58.6 Å². The van der Waals surface area contributed by atoms with E-state index in [2.05, 4.69) is 15.9 Å². The molecule has 0 aliphatic heterocycles. The number of hydrogen-bond acceptors (Lipinski definition) is 4. The molecule has 104 valence electrons. The zero-order valence-corrected chi connectivity index (χ0v) is 12.3. The Morgan fingerprint density at radius 1 is 1.10 bits per heavy atom. The molecule has 5 heteroatoms. The summed E-state index contributed by atoms with van der Waals surface area (Å²) in [6, 6.07) is 14.3. The van der Waals surface area contributed by atoms with Gasteiger partial charge in [-0.1, -0.05) is 34.1 Å². The average molecular weight is 336 g/mol. The molecule has 0 fully saturated rings. The number of anilines is 1. The summed E-state index contributed by atoms with van der Waals surface area (Å²) in [6.45, 7) is 0.486. The van der Waals surface area contributed by atoms with Crippen molar-refractivity contribution in [2.45, 2.75) is 0 Å². The molecular weight excluding hydrogens is 322 g/mol. The van der Waals surface area contributed by atoms with Crippen LogP contribution >= 0.6 is 15.9 Å². The smallest absolute Gasteiger partial charge is 0.338 e. The van der Waals surface area contributed by atoms with E-state index in [-0.39, 0.29) is 6.61 Å². The number of para-hydroxylation sites is 1. The highest BCUT2D eigenvalue weighted by Gasteiger charge is 2.08. The molecule has 20 heavy (non-hydrogen) atoms. The average Bonchev–Trinajstić information content (AvgIpc) is 2.43. The quantitative estimate of drug-likeness (QED) is 0.517. The molecule has 0 heterocycles. The zero-order valence-electron chi connectivity index (χ0n) is 10.7. The number of hydrogen-bond donors (Lipinski definition) is 1. The Morgan fingerprint density at radius 2 is 1.85 bits per heavy atom. The lowest BCUT2D eigenvalue weighted by atomic mass is 10.2. The van der Waals surface area contributed by atoms with Gasteiger partial charge in [0.15, 0.2) is 0 Å². The topological polar surface area (TPSA) is 61.6 Å².